The highest BCUT2D eigenvalue weighted by molar-refractivity contribution is 6.22. The molecule has 2 unspecified atom stereocenters. The first-order valence-electron chi connectivity index (χ1n) is 6.75. The van der Waals surface area contributed by atoms with Crippen molar-refractivity contribution in [2.45, 2.75) is 6.18 Å². The Morgan fingerprint density at radius 1 is 1.17 bits per heavy atom. The molecule has 5 nitrogen and oxygen atoms in total. The van der Waals surface area contributed by atoms with Crippen molar-refractivity contribution in [3.8, 4) is 0 Å². The summed E-state index contributed by atoms with van der Waals surface area (Å²) >= 11 is 0. The van der Waals surface area contributed by atoms with Crippen LogP contribution in [-0.4, -0.2) is 30.8 Å². The number of imide groups is 1. The van der Waals surface area contributed by atoms with Gasteiger partial charge in [0.05, 0.1) is 29.6 Å². The monoisotopic (exact) mass is 325 g/mol. The number of benzene rings is 1. The van der Waals surface area contributed by atoms with Crippen LogP contribution in [0.4, 0.5) is 18.9 Å². The van der Waals surface area contributed by atoms with Crippen molar-refractivity contribution in [1.29, 1.82) is 0 Å². The second kappa shape index (κ2) is 6.36. The van der Waals surface area contributed by atoms with Crippen molar-refractivity contribution in [2.75, 3.05) is 18.0 Å². The van der Waals surface area contributed by atoms with Crippen LogP contribution in [0.1, 0.15) is 5.56 Å². The maximum atomic E-state index is 12.6. The molecule has 0 bridgehead atoms. The molecule has 2 N–H and O–H groups in total. The number of nitrogens with two attached hydrogens (primary N) is 1. The second-order valence-corrected chi connectivity index (χ2v) is 5.00. The molecule has 0 saturated carbocycles. The fourth-order valence-corrected chi connectivity index (χ4v) is 2.47. The van der Waals surface area contributed by atoms with Crippen LogP contribution in [0, 0.1) is 11.8 Å². The smallest absolute Gasteiger partial charge is 0.330 e. The molecule has 1 aliphatic rings. The zero-order chi connectivity index (χ0) is 17.2. The molecule has 2 amide bonds. The molecule has 2 atom stereocenters. The number of carbonyl (C=O) groups excluding carboxylic acids is 2. The van der Waals surface area contributed by atoms with E-state index >= 15 is 0 Å². The molecule has 0 radical (unpaired) electrons. The van der Waals surface area contributed by atoms with E-state index in [1.165, 1.54) is 0 Å². The van der Waals surface area contributed by atoms with E-state index in [1.54, 1.807) is 0 Å². The van der Waals surface area contributed by atoms with Gasteiger partial charge in [0, 0.05) is 6.54 Å². The van der Waals surface area contributed by atoms with Crippen LogP contribution in [0.15, 0.2) is 35.8 Å². The van der Waals surface area contributed by atoms with Gasteiger partial charge in [0.1, 0.15) is 0 Å². The van der Waals surface area contributed by atoms with Crippen LogP contribution in [0.25, 0.3) is 0 Å². The molecule has 1 aromatic rings. The number of hydrogen-bond donors (Lipinski definition) is 1. The standard InChI is InChI=1S/C15H14F3N3O2/c1-2-20-8-12-11(7-19)13(22)21(14(12)23)10-5-3-9(4-6-10)15(16,17)18/h3-6,11-12H,1,7-8,19H2. The Balaban J connectivity index is 2.33. The highest BCUT2D eigenvalue weighted by Crippen LogP contribution is 2.34. The molecule has 1 saturated heterocycles. The van der Waals surface area contributed by atoms with Crippen LogP contribution in [0.3, 0.4) is 0 Å². The summed E-state index contributed by atoms with van der Waals surface area (Å²) in [6.07, 6.45) is -4.49. The van der Waals surface area contributed by atoms with Crippen molar-refractivity contribution in [2.24, 2.45) is 22.6 Å². The predicted octanol–water partition coefficient (Wildman–Crippen LogP) is 1.63. The van der Waals surface area contributed by atoms with Gasteiger partial charge in [-0.3, -0.25) is 9.59 Å². The average molecular weight is 325 g/mol. The highest BCUT2D eigenvalue weighted by Gasteiger charge is 2.47. The summed E-state index contributed by atoms with van der Waals surface area (Å²) in [5, 5.41) is 0. The van der Waals surface area contributed by atoms with Crippen molar-refractivity contribution in [3.05, 3.63) is 36.4 Å². The topological polar surface area (TPSA) is 75.8 Å². The number of nitrogens with zero attached hydrogens (tertiary/aromatic N) is 2. The van der Waals surface area contributed by atoms with Gasteiger partial charge in [0.15, 0.2) is 0 Å². The first-order valence-corrected chi connectivity index (χ1v) is 6.75. The number of hydrogen-bond acceptors (Lipinski definition) is 4. The number of anilines is 1. The van der Waals surface area contributed by atoms with Crippen molar-refractivity contribution >= 4 is 23.4 Å². The lowest BCUT2D eigenvalue weighted by Gasteiger charge is -2.16. The van der Waals surface area contributed by atoms with Gasteiger partial charge in [-0.2, -0.15) is 13.2 Å². The van der Waals surface area contributed by atoms with Crippen LogP contribution in [0.2, 0.25) is 0 Å². The lowest BCUT2D eigenvalue weighted by atomic mass is 9.95. The Bertz CT molecular complexity index is 664. The fourth-order valence-electron chi connectivity index (χ4n) is 2.47. The minimum absolute atomic E-state index is 0.00702. The van der Waals surface area contributed by atoms with Gasteiger partial charge < -0.3 is 5.73 Å². The second-order valence-electron chi connectivity index (χ2n) is 5.00. The molecule has 1 aliphatic heterocycles. The number of halogens is 3. The lowest BCUT2D eigenvalue weighted by molar-refractivity contribution is -0.137. The average Bonchev–Trinajstić information content (AvgIpc) is 2.74. The quantitative estimate of drug-likeness (QED) is 0.675. The van der Waals surface area contributed by atoms with Gasteiger partial charge in [-0.1, -0.05) is 0 Å². The van der Waals surface area contributed by atoms with Crippen molar-refractivity contribution < 1.29 is 22.8 Å². The maximum Gasteiger partial charge on any atom is 0.416 e. The van der Waals surface area contributed by atoms with E-state index in [2.05, 4.69) is 17.4 Å². The molecular formula is C15H14F3N3O2. The summed E-state index contributed by atoms with van der Waals surface area (Å²) in [5.41, 5.74) is 4.77. The Hall–Kier alpha value is -2.44. The molecule has 0 aliphatic carbocycles. The molecule has 0 aromatic heterocycles. The van der Waals surface area contributed by atoms with E-state index in [0.717, 1.165) is 29.2 Å². The zero-order valence-corrected chi connectivity index (χ0v) is 12.0. The number of rotatable bonds is 4. The summed E-state index contributed by atoms with van der Waals surface area (Å²) in [6.45, 7) is 3.24. The molecular weight excluding hydrogens is 311 g/mol. The first kappa shape index (κ1) is 16.9. The summed E-state index contributed by atoms with van der Waals surface area (Å²) in [7, 11) is 0. The SMILES string of the molecule is C=C=NCC1C(=O)N(c2ccc(C(F)(F)F)cc2)C(=O)C1CN. The van der Waals surface area contributed by atoms with Crippen LogP contribution in [0.5, 0.6) is 0 Å². The van der Waals surface area contributed by atoms with Gasteiger partial charge >= 0.3 is 6.18 Å². The lowest BCUT2D eigenvalue weighted by Crippen LogP contribution is -2.32. The van der Waals surface area contributed by atoms with Crippen molar-refractivity contribution in [3.63, 3.8) is 0 Å². The van der Waals surface area contributed by atoms with E-state index in [9.17, 15) is 22.8 Å². The van der Waals surface area contributed by atoms with Gasteiger partial charge in [0.2, 0.25) is 11.8 Å². The van der Waals surface area contributed by atoms with E-state index in [-0.39, 0.29) is 18.8 Å². The summed E-state index contributed by atoms with van der Waals surface area (Å²) in [6, 6.07) is 3.82. The summed E-state index contributed by atoms with van der Waals surface area (Å²) < 4.78 is 37.7. The maximum absolute atomic E-state index is 12.6. The third-order valence-electron chi connectivity index (χ3n) is 3.67. The van der Waals surface area contributed by atoms with Crippen LogP contribution in [-0.2, 0) is 15.8 Å². The Labute approximate surface area is 130 Å². The number of aliphatic imine (C=N–C) groups is 1. The van der Waals surface area contributed by atoms with E-state index in [0.29, 0.717) is 0 Å². The zero-order valence-electron chi connectivity index (χ0n) is 12.0. The molecule has 8 heteroatoms. The third kappa shape index (κ3) is 3.18. The summed E-state index contributed by atoms with van der Waals surface area (Å²) in [5.74, 6) is -0.320. The molecule has 1 fully saturated rings. The normalized spacial score (nSPS) is 21.5. The van der Waals surface area contributed by atoms with Crippen molar-refractivity contribution in [1.82, 2.24) is 0 Å². The molecule has 1 aromatic carbocycles. The van der Waals surface area contributed by atoms with Gasteiger partial charge in [-0.25, -0.2) is 9.89 Å². The summed E-state index contributed by atoms with van der Waals surface area (Å²) in [4.78, 5) is 29.3. The Morgan fingerprint density at radius 2 is 1.74 bits per heavy atom. The molecule has 2 rings (SSSR count). The molecule has 23 heavy (non-hydrogen) atoms. The number of alkyl halides is 3. The van der Waals surface area contributed by atoms with Gasteiger partial charge in [0.25, 0.3) is 0 Å². The predicted molar refractivity (Wildman–Crippen MR) is 77.9 cm³/mol. The molecule has 1 heterocycles. The first-order chi connectivity index (χ1) is 10.8. The van der Waals surface area contributed by atoms with E-state index in [4.69, 9.17) is 5.73 Å². The Morgan fingerprint density at radius 3 is 2.22 bits per heavy atom. The number of amides is 2. The van der Waals surface area contributed by atoms with Gasteiger partial charge in [-0.05, 0) is 36.7 Å². The third-order valence-corrected chi connectivity index (χ3v) is 3.67. The van der Waals surface area contributed by atoms with Gasteiger partial charge in [-0.15, -0.1) is 0 Å². The van der Waals surface area contributed by atoms with E-state index < -0.39 is 35.4 Å². The van der Waals surface area contributed by atoms with Crippen LogP contribution >= 0.6 is 0 Å². The largest absolute Gasteiger partial charge is 0.416 e. The van der Waals surface area contributed by atoms with E-state index in [1.807, 2.05) is 0 Å². The Kier molecular flexibility index (Phi) is 4.68. The minimum atomic E-state index is -4.49. The molecule has 122 valence electrons. The number of carbonyl (C=O) groups is 2. The molecule has 0 spiro atoms. The highest BCUT2D eigenvalue weighted by atomic mass is 19.4. The van der Waals surface area contributed by atoms with Crippen LogP contribution < -0.4 is 10.6 Å². The minimum Gasteiger partial charge on any atom is -0.330 e. The fraction of sp³-hybridized carbons (Fsp3) is 0.333.